The maximum atomic E-state index is 11.8. The first-order chi connectivity index (χ1) is 8.13. The van der Waals surface area contributed by atoms with E-state index in [2.05, 4.69) is 15.9 Å². The summed E-state index contributed by atoms with van der Waals surface area (Å²) in [6, 6.07) is 5.66. The lowest BCUT2D eigenvalue weighted by Gasteiger charge is -2.15. The van der Waals surface area contributed by atoms with Gasteiger partial charge in [0, 0.05) is 16.7 Å². The van der Waals surface area contributed by atoms with E-state index in [1.165, 1.54) is 4.90 Å². The molecule has 0 radical (unpaired) electrons. The van der Waals surface area contributed by atoms with Gasteiger partial charge in [-0.05, 0) is 37.1 Å². The number of nitrogens with zero attached hydrogens (tertiary/aromatic N) is 1. The van der Waals surface area contributed by atoms with E-state index in [9.17, 15) is 9.59 Å². The second kappa shape index (κ2) is 4.87. The van der Waals surface area contributed by atoms with Gasteiger partial charge in [-0.3, -0.25) is 4.79 Å². The number of halogens is 1. The van der Waals surface area contributed by atoms with E-state index < -0.39 is 11.9 Å². The van der Waals surface area contributed by atoms with Crippen molar-refractivity contribution < 1.29 is 14.3 Å². The Morgan fingerprint density at radius 1 is 1.47 bits per heavy atom. The van der Waals surface area contributed by atoms with Crippen LogP contribution in [0.2, 0.25) is 0 Å². The van der Waals surface area contributed by atoms with Gasteiger partial charge in [0.05, 0.1) is 6.61 Å². The molecule has 2 rings (SSSR count). The molecule has 0 saturated heterocycles. The Balaban J connectivity index is 2.22. The summed E-state index contributed by atoms with van der Waals surface area (Å²) >= 11 is 3.38. The molecule has 1 heterocycles. The van der Waals surface area contributed by atoms with E-state index in [1.54, 1.807) is 6.92 Å². The van der Waals surface area contributed by atoms with Gasteiger partial charge in [-0.25, -0.2) is 4.79 Å². The van der Waals surface area contributed by atoms with E-state index in [1.807, 2.05) is 18.2 Å². The summed E-state index contributed by atoms with van der Waals surface area (Å²) in [6.07, 6.45) is 0.764. The molecule has 17 heavy (non-hydrogen) atoms. The summed E-state index contributed by atoms with van der Waals surface area (Å²) in [6.45, 7) is 2.43. The van der Waals surface area contributed by atoms with E-state index >= 15 is 0 Å². The van der Waals surface area contributed by atoms with Gasteiger partial charge < -0.3 is 9.64 Å². The summed E-state index contributed by atoms with van der Waals surface area (Å²) in [7, 11) is 0. The standard InChI is InChI=1S/C12H12BrNO3/c1-2-17-12(16)11(15)14-6-5-8-7-9(13)3-4-10(8)14/h3-4,7H,2,5-6H2,1H3. The average Bonchev–Trinajstić information content (AvgIpc) is 2.71. The second-order valence-corrected chi connectivity index (χ2v) is 4.62. The summed E-state index contributed by atoms with van der Waals surface area (Å²) in [4.78, 5) is 24.7. The van der Waals surface area contributed by atoms with Crippen molar-refractivity contribution in [3.63, 3.8) is 0 Å². The highest BCUT2D eigenvalue weighted by molar-refractivity contribution is 9.10. The number of carbonyl (C=O) groups is 2. The fourth-order valence-corrected chi connectivity index (χ4v) is 2.29. The van der Waals surface area contributed by atoms with E-state index in [4.69, 9.17) is 4.74 Å². The molecule has 90 valence electrons. The maximum Gasteiger partial charge on any atom is 0.397 e. The topological polar surface area (TPSA) is 46.6 Å². The van der Waals surface area contributed by atoms with Crippen LogP contribution in [0.5, 0.6) is 0 Å². The lowest BCUT2D eigenvalue weighted by molar-refractivity contribution is -0.153. The van der Waals surface area contributed by atoms with Crippen LogP contribution in [0.25, 0.3) is 0 Å². The van der Waals surface area contributed by atoms with E-state index in [0.29, 0.717) is 6.54 Å². The summed E-state index contributed by atoms with van der Waals surface area (Å²) in [5, 5.41) is 0. The summed E-state index contributed by atoms with van der Waals surface area (Å²) in [5.74, 6) is -1.38. The zero-order valence-electron chi connectivity index (χ0n) is 9.40. The van der Waals surface area contributed by atoms with Crippen molar-refractivity contribution in [1.29, 1.82) is 0 Å². The Kier molecular flexibility index (Phi) is 3.47. The molecule has 0 bridgehead atoms. The fourth-order valence-electron chi connectivity index (χ4n) is 1.88. The third-order valence-electron chi connectivity index (χ3n) is 2.63. The number of anilines is 1. The van der Waals surface area contributed by atoms with Gasteiger partial charge in [0.15, 0.2) is 0 Å². The van der Waals surface area contributed by atoms with Crippen LogP contribution < -0.4 is 4.90 Å². The molecule has 5 heteroatoms. The number of esters is 1. The van der Waals surface area contributed by atoms with Crippen LogP contribution in [-0.2, 0) is 20.7 Å². The smallest absolute Gasteiger partial charge is 0.397 e. The second-order valence-electron chi connectivity index (χ2n) is 3.70. The predicted molar refractivity (Wildman–Crippen MR) is 66.8 cm³/mol. The van der Waals surface area contributed by atoms with Crippen LogP contribution in [0.3, 0.4) is 0 Å². The predicted octanol–water partition coefficient (Wildman–Crippen LogP) is 1.90. The number of rotatable bonds is 1. The number of ether oxygens (including phenoxy) is 1. The minimum absolute atomic E-state index is 0.214. The van der Waals surface area contributed by atoms with Gasteiger partial charge in [0.2, 0.25) is 0 Å². The van der Waals surface area contributed by atoms with Crippen LogP contribution in [0.15, 0.2) is 22.7 Å². The Morgan fingerprint density at radius 2 is 2.24 bits per heavy atom. The molecular formula is C12H12BrNO3. The van der Waals surface area contributed by atoms with Crippen molar-refractivity contribution in [3.05, 3.63) is 28.2 Å². The lowest BCUT2D eigenvalue weighted by Crippen LogP contribution is -2.36. The SMILES string of the molecule is CCOC(=O)C(=O)N1CCc2cc(Br)ccc21. The molecule has 0 unspecified atom stereocenters. The molecule has 1 aliphatic heterocycles. The largest absolute Gasteiger partial charge is 0.459 e. The highest BCUT2D eigenvalue weighted by Gasteiger charge is 2.29. The van der Waals surface area contributed by atoms with Crippen molar-refractivity contribution in [2.45, 2.75) is 13.3 Å². The first-order valence-corrected chi connectivity index (χ1v) is 6.20. The first kappa shape index (κ1) is 12.1. The molecule has 0 atom stereocenters. The molecule has 4 nitrogen and oxygen atoms in total. The number of fused-ring (bicyclic) bond motifs is 1. The number of hydrogen-bond acceptors (Lipinski definition) is 3. The van der Waals surface area contributed by atoms with Gasteiger partial charge in [0.1, 0.15) is 0 Å². The minimum Gasteiger partial charge on any atom is -0.459 e. The molecule has 0 N–H and O–H groups in total. The van der Waals surface area contributed by atoms with Crippen LogP contribution >= 0.6 is 15.9 Å². The normalized spacial score (nSPS) is 13.4. The number of carbonyl (C=O) groups excluding carboxylic acids is 2. The fraction of sp³-hybridized carbons (Fsp3) is 0.333. The summed E-state index contributed by atoms with van der Waals surface area (Å²) in [5.41, 5.74) is 1.86. The molecule has 1 aliphatic rings. The molecule has 1 aromatic carbocycles. The highest BCUT2D eigenvalue weighted by atomic mass is 79.9. The summed E-state index contributed by atoms with van der Waals surface area (Å²) < 4.78 is 5.69. The molecule has 0 aromatic heterocycles. The number of amides is 1. The maximum absolute atomic E-state index is 11.8. The highest BCUT2D eigenvalue weighted by Crippen LogP contribution is 2.30. The van der Waals surface area contributed by atoms with Crippen LogP contribution in [0.4, 0.5) is 5.69 Å². The Hall–Kier alpha value is -1.36. The van der Waals surface area contributed by atoms with E-state index in [-0.39, 0.29) is 6.61 Å². The first-order valence-electron chi connectivity index (χ1n) is 5.40. The average molecular weight is 298 g/mol. The zero-order chi connectivity index (χ0) is 12.4. The Morgan fingerprint density at radius 3 is 2.94 bits per heavy atom. The van der Waals surface area contributed by atoms with E-state index in [0.717, 1.165) is 22.1 Å². The monoisotopic (exact) mass is 297 g/mol. The zero-order valence-corrected chi connectivity index (χ0v) is 11.0. The number of benzene rings is 1. The van der Waals surface area contributed by atoms with Crippen LogP contribution in [0.1, 0.15) is 12.5 Å². The lowest BCUT2D eigenvalue weighted by atomic mass is 10.2. The molecule has 0 fully saturated rings. The van der Waals surface area contributed by atoms with Gasteiger partial charge in [0.25, 0.3) is 0 Å². The van der Waals surface area contributed by atoms with Gasteiger partial charge >= 0.3 is 11.9 Å². The van der Waals surface area contributed by atoms with Crippen LogP contribution in [0, 0.1) is 0 Å². The van der Waals surface area contributed by atoms with Gasteiger partial charge in [-0.2, -0.15) is 0 Å². The number of hydrogen-bond donors (Lipinski definition) is 0. The Labute approximate surface area is 108 Å². The Bertz CT molecular complexity index is 473. The van der Waals surface area contributed by atoms with Crippen molar-refractivity contribution in [2.75, 3.05) is 18.1 Å². The van der Waals surface area contributed by atoms with Gasteiger partial charge in [-0.15, -0.1) is 0 Å². The van der Waals surface area contributed by atoms with Crippen molar-refractivity contribution in [1.82, 2.24) is 0 Å². The minimum atomic E-state index is -0.789. The van der Waals surface area contributed by atoms with Gasteiger partial charge in [-0.1, -0.05) is 15.9 Å². The molecule has 0 spiro atoms. The third-order valence-corrected chi connectivity index (χ3v) is 3.13. The molecular weight excluding hydrogens is 286 g/mol. The molecule has 1 aromatic rings. The molecule has 1 amide bonds. The van der Waals surface area contributed by atoms with Crippen molar-refractivity contribution >= 4 is 33.5 Å². The van der Waals surface area contributed by atoms with Crippen LogP contribution in [-0.4, -0.2) is 25.0 Å². The molecule has 0 aliphatic carbocycles. The molecule has 0 saturated carbocycles. The third kappa shape index (κ3) is 2.34. The van der Waals surface area contributed by atoms with Crippen molar-refractivity contribution in [2.24, 2.45) is 0 Å². The quantitative estimate of drug-likeness (QED) is 0.587. The van der Waals surface area contributed by atoms with Crippen molar-refractivity contribution in [3.8, 4) is 0 Å².